The van der Waals surface area contributed by atoms with Crippen molar-refractivity contribution in [1.82, 2.24) is 9.55 Å². The third kappa shape index (κ3) is 3.02. The van der Waals surface area contributed by atoms with Gasteiger partial charge in [-0.1, -0.05) is 18.2 Å². The number of para-hydroxylation sites is 2. The van der Waals surface area contributed by atoms with Crippen LogP contribution in [0.2, 0.25) is 0 Å². The van der Waals surface area contributed by atoms with E-state index in [4.69, 9.17) is 15.6 Å². The number of aliphatic carboxylic acids is 1. The Kier molecular flexibility index (Phi) is 3.98. The minimum atomic E-state index is -0.833. The minimum Gasteiger partial charge on any atom is -0.481 e. The highest BCUT2D eigenvalue weighted by molar-refractivity contribution is 7.10. The number of carboxylic acids is 1. The van der Waals surface area contributed by atoms with Crippen molar-refractivity contribution >= 4 is 40.2 Å². The Bertz CT molecular complexity index is 865. The van der Waals surface area contributed by atoms with Crippen LogP contribution in [0.1, 0.15) is 18.0 Å². The fraction of sp³-hybridized carbons (Fsp3) is 0.133. The van der Waals surface area contributed by atoms with Crippen LogP contribution in [0.25, 0.3) is 11.0 Å². The summed E-state index contributed by atoms with van der Waals surface area (Å²) in [7, 11) is 0. The number of carboxylic acid groups (broad SMARTS) is 1. The molecule has 4 rings (SSSR count). The molecule has 1 atom stereocenters. The van der Waals surface area contributed by atoms with E-state index in [-0.39, 0.29) is 6.17 Å². The van der Waals surface area contributed by atoms with E-state index in [0.29, 0.717) is 5.96 Å². The van der Waals surface area contributed by atoms with Gasteiger partial charge in [-0.25, -0.2) is 9.98 Å². The van der Waals surface area contributed by atoms with Crippen molar-refractivity contribution in [3.05, 3.63) is 46.7 Å². The number of nitrogens with one attached hydrogen (secondary N) is 1. The van der Waals surface area contributed by atoms with E-state index in [9.17, 15) is 0 Å². The summed E-state index contributed by atoms with van der Waals surface area (Å²) in [6.45, 7) is 1.08. The predicted molar refractivity (Wildman–Crippen MR) is 90.7 cm³/mol. The van der Waals surface area contributed by atoms with E-state index in [2.05, 4.69) is 25.9 Å². The number of aliphatic imine (C=N–C) groups is 1. The number of nitrogens with two attached hydrogens (primary N) is 1. The van der Waals surface area contributed by atoms with Crippen molar-refractivity contribution in [1.29, 1.82) is 0 Å². The van der Waals surface area contributed by atoms with E-state index in [0.717, 1.165) is 28.8 Å². The highest BCUT2D eigenvalue weighted by Gasteiger charge is 2.25. The van der Waals surface area contributed by atoms with Crippen molar-refractivity contribution in [2.24, 2.45) is 10.7 Å². The largest absolute Gasteiger partial charge is 0.481 e. The Morgan fingerprint density at radius 3 is 2.78 bits per heavy atom. The molecule has 1 aliphatic rings. The maximum Gasteiger partial charge on any atom is 0.300 e. The standard InChI is InChI=1S/C13H11N5S.C2H4O2/c14-12-16-11(10-6-3-7-19-10)18-9-5-2-1-4-8(9)15-13(18)17-12;1-2(3)4/h1-7,11H,(H3,14,15,16,17);1H3,(H,3,4). The summed E-state index contributed by atoms with van der Waals surface area (Å²) in [5.74, 6) is 0.313. The van der Waals surface area contributed by atoms with Gasteiger partial charge in [-0.2, -0.15) is 0 Å². The van der Waals surface area contributed by atoms with E-state index >= 15 is 0 Å². The van der Waals surface area contributed by atoms with Crippen LogP contribution in [0.4, 0.5) is 5.95 Å². The Hall–Kier alpha value is -2.87. The van der Waals surface area contributed by atoms with Crippen molar-refractivity contribution < 1.29 is 9.90 Å². The van der Waals surface area contributed by atoms with Gasteiger partial charge in [-0.15, -0.1) is 11.3 Å². The number of hydrogen-bond acceptors (Lipinski definition) is 6. The number of guanidine groups is 1. The zero-order chi connectivity index (χ0) is 16.4. The van der Waals surface area contributed by atoms with Crippen molar-refractivity contribution in [3.8, 4) is 0 Å². The first kappa shape index (κ1) is 15.0. The van der Waals surface area contributed by atoms with Gasteiger partial charge in [-0.3, -0.25) is 14.7 Å². The number of rotatable bonds is 1. The number of hydrogen-bond donors (Lipinski definition) is 3. The molecule has 1 aliphatic heterocycles. The Balaban J connectivity index is 0.000000354. The molecule has 0 bridgehead atoms. The summed E-state index contributed by atoms with van der Waals surface area (Å²) in [5, 5.41) is 12.5. The van der Waals surface area contributed by atoms with Crippen molar-refractivity contribution in [2.45, 2.75) is 13.1 Å². The molecule has 8 heteroatoms. The summed E-state index contributed by atoms with van der Waals surface area (Å²) < 4.78 is 2.08. The summed E-state index contributed by atoms with van der Waals surface area (Å²) in [6.07, 6.45) is -0.136. The lowest BCUT2D eigenvalue weighted by Gasteiger charge is -2.22. The lowest BCUT2D eigenvalue weighted by Crippen LogP contribution is -2.31. The molecule has 0 fully saturated rings. The van der Waals surface area contributed by atoms with Gasteiger partial charge < -0.3 is 10.8 Å². The first-order valence-corrected chi connectivity index (χ1v) is 7.74. The van der Waals surface area contributed by atoms with Crippen LogP contribution in [0.3, 0.4) is 0 Å². The minimum absolute atomic E-state index is 0.136. The van der Waals surface area contributed by atoms with Gasteiger partial charge in [-0.05, 0) is 23.6 Å². The number of carbonyl (C=O) groups is 1. The van der Waals surface area contributed by atoms with Crippen LogP contribution in [0.5, 0.6) is 0 Å². The Morgan fingerprint density at radius 2 is 2.09 bits per heavy atom. The molecule has 0 aliphatic carbocycles. The van der Waals surface area contributed by atoms with Crippen LogP contribution >= 0.6 is 11.3 Å². The summed E-state index contributed by atoms with van der Waals surface area (Å²) in [5.41, 5.74) is 7.85. The molecule has 7 nitrogen and oxygen atoms in total. The van der Waals surface area contributed by atoms with Gasteiger partial charge in [0.05, 0.1) is 11.0 Å². The molecule has 3 heterocycles. The third-order valence-electron chi connectivity index (χ3n) is 3.14. The Morgan fingerprint density at radius 1 is 1.35 bits per heavy atom. The van der Waals surface area contributed by atoms with Crippen LogP contribution in [-0.2, 0) is 4.79 Å². The second-order valence-electron chi connectivity index (χ2n) is 4.84. The monoisotopic (exact) mass is 329 g/mol. The second-order valence-corrected chi connectivity index (χ2v) is 5.82. The molecular formula is C15H15N5O2S. The van der Waals surface area contributed by atoms with Crippen LogP contribution in [0, 0.1) is 0 Å². The molecule has 0 spiro atoms. The van der Waals surface area contributed by atoms with E-state index in [1.807, 2.05) is 35.7 Å². The highest BCUT2D eigenvalue weighted by Crippen LogP contribution is 2.33. The number of imidazole rings is 1. The quantitative estimate of drug-likeness (QED) is 0.636. The Labute approximate surface area is 136 Å². The predicted octanol–water partition coefficient (Wildman–Crippen LogP) is 2.48. The van der Waals surface area contributed by atoms with Gasteiger partial charge in [0.2, 0.25) is 5.95 Å². The van der Waals surface area contributed by atoms with Crippen molar-refractivity contribution in [2.75, 3.05) is 5.32 Å². The number of aromatic nitrogens is 2. The molecule has 1 unspecified atom stereocenters. The first-order valence-electron chi connectivity index (χ1n) is 6.86. The molecule has 4 N–H and O–H groups in total. The van der Waals surface area contributed by atoms with E-state index in [1.165, 1.54) is 0 Å². The molecule has 23 heavy (non-hydrogen) atoms. The molecule has 1 aromatic carbocycles. The molecule has 3 aromatic rings. The molecule has 0 saturated heterocycles. The summed E-state index contributed by atoms with van der Waals surface area (Å²) >= 11 is 1.67. The number of benzene rings is 1. The zero-order valence-electron chi connectivity index (χ0n) is 12.3. The molecule has 2 aromatic heterocycles. The number of thiophene rings is 1. The number of nitrogens with zero attached hydrogens (tertiary/aromatic N) is 3. The van der Waals surface area contributed by atoms with Gasteiger partial charge in [0.1, 0.15) is 0 Å². The van der Waals surface area contributed by atoms with E-state index < -0.39 is 5.97 Å². The van der Waals surface area contributed by atoms with Gasteiger partial charge >= 0.3 is 0 Å². The number of fused-ring (bicyclic) bond motifs is 3. The smallest absolute Gasteiger partial charge is 0.300 e. The van der Waals surface area contributed by atoms with Gasteiger partial charge in [0.25, 0.3) is 5.97 Å². The maximum absolute atomic E-state index is 9.00. The van der Waals surface area contributed by atoms with E-state index in [1.54, 1.807) is 11.3 Å². The number of anilines is 1. The van der Waals surface area contributed by atoms with Crippen LogP contribution in [0.15, 0.2) is 46.8 Å². The fourth-order valence-electron chi connectivity index (χ4n) is 2.35. The lowest BCUT2D eigenvalue weighted by molar-refractivity contribution is -0.134. The fourth-order valence-corrected chi connectivity index (χ4v) is 3.10. The average Bonchev–Trinajstić information content (AvgIpc) is 3.13. The zero-order valence-corrected chi connectivity index (χ0v) is 13.1. The van der Waals surface area contributed by atoms with Gasteiger partial charge in [0, 0.05) is 11.8 Å². The SMILES string of the molecule is CC(=O)O.NC1=NC(c2cccs2)n2c(nc3ccccc32)N1. The van der Waals surface area contributed by atoms with Crippen molar-refractivity contribution in [3.63, 3.8) is 0 Å². The van der Waals surface area contributed by atoms with Crippen LogP contribution < -0.4 is 11.1 Å². The summed E-state index contributed by atoms with van der Waals surface area (Å²) in [4.78, 5) is 19.2. The highest BCUT2D eigenvalue weighted by atomic mass is 32.1. The molecule has 0 amide bonds. The molecule has 0 saturated carbocycles. The summed E-state index contributed by atoms with van der Waals surface area (Å²) in [6, 6.07) is 12.1. The van der Waals surface area contributed by atoms with Gasteiger partial charge in [0.15, 0.2) is 12.1 Å². The second kappa shape index (κ2) is 6.09. The van der Waals surface area contributed by atoms with Crippen LogP contribution in [-0.4, -0.2) is 26.6 Å². The maximum atomic E-state index is 9.00. The topological polar surface area (TPSA) is 106 Å². The lowest BCUT2D eigenvalue weighted by atomic mass is 10.3. The average molecular weight is 329 g/mol. The first-order chi connectivity index (χ1) is 11.1. The molecule has 118 valence electrons. The normalized spacial score (nSPS) is 15.9. The third-order valence-corrected chi connectivity index (χ3v) is 4.05. The molecular weight excluding hydrogens is 314 g/mol. The molecule has 0 radical (unpaired) electrons.